The Bertz CT molecular complexity index is 609. The Morgan fingerprint density at radius 1 is 1.15 bits per heavy atom. The molecule has 2 heterocycles. The normalized spacial score (nSPS) is 23.4. The van der Waals surface area contributed by atoms with E-state index in [-0.39, 0.29) is 30.1 Å². The third-order valence-corrected chi connectivity index (χ3v) is 5.97. The molecule has 1 saturated carbocycles. The van der Waals surface area contributed by atoms with Gasteiger partial charge in [0.15, 0.2) is 0 Å². The van der Waals surface area contributed by atoms with Gasteiger partial charge in [-0.15, -0.1) is 0 Å². The van der Waals surface area contributed by atoms with Crippen LogP contribution in [0.5, 0.6) is 0 Å². The van der Waals surface area contributed by atoms with E-state index in [0.29, 0.717) is 19.4 Å². The van der Waals surface area contributed by atoms with E-state index >= 15 is 0 Å². The summed E-state index contributed by atoms with van der Waals surface area (Å²) in [6.07, 6.45) is 5.88. The van der Waals surface area contributed by atoms with Crippen LogP contribution < -0.4 is 16.1 Å². The lowest BCUT2D eigenvalue weighted by atomic mass is 9.82. The minimum Gasteiger partial charge on any atom is -0.359 e. The molecule has 3 fully saturated rings. The number of nitrogens with one attached hydrogen (secondary N) is 3. The molecule has 0 unspecified atom stereocenters. The number of nitrogens with zero attached hydrogens (tertiary/aromatic N) is 2. The van der Waals surface area contributed by atoms with Gasteiger partial charge in [-0.3, -0.25) is 19.8 Å². The van der Waals surface area contributed by atoms with Gasteiger partial charge in [-0.25, -0.2) is 4.79 Å². The van der Waals surface area contributed by atoms with E-state index in [4.69, 9.17) is 0 Å². The van der Waals surface area contributed by atoms with Crippen LogP contribution in [0.1, 0.15) is 51.4 Å². The van der Waals surface area contributed by atoms with Gasteiger partial charge in [0.1, 0.15) is 5.54 Å². The summed E-state index contributed by atoms with van der Waals surface area (Å²) in [7, 11) is 1.65. The number of urea groups is 1. The number of carbonyl (C=O) groups excluding carboxylic acids is 4. The number of hydrazine groups is 1. The van der Waals surface area contributed by atoms with Crippen molar-refractivity contribution in [2.24, 2.45) is 5.92 Å². The fourth-order valence-electron chi connectivity index (χ4n) is 4.28. The molecule has 0 atom stereocenters. The maximum absolute atomic E-state index is 12.6. The first kappa shape index (κ1) is 19.6. The topological polar surface area (TPSA) is 111 Å². The first-order valence-electron chi connectivity index (χ1n) is 9.85. The molecule has 3 N–H and O–H groups in total. The van der Waals surface area contributed by atoms with E-state index in [0.717, 1.165) is 50.2 Å². The highest BCUT2D eigenvalue weighted by molar-refractivity contribution is 6.08. The Balaban J connectivity index is 1.44. The predicted octanol–water partition coefficient (Wildman–Crippen LogP) is 0.120. The van der Waals surface area contributed by atoms with Gasteiger partial charge in [0, 0.05) is 25.9 Å². The van der Waals surface area contributed by atoms with Gasteiger partial charge >= 0.3 is 6.03 Å². The molecule has 2 saturated heterocycles. The van der Waals surface area contributed by atoms with Gasteiger partial charge in [0.05, 0.1) is 0 Å². The molecule has 0 aromatic rings. The number of rotatable bonds is 5. The number of hydrogen-bond acceptors (Lipinski definition) is 5. The number of piperidine rings is 1. The largest absolute Gasteiger partial charge is 0.359 e. The van der Waals surface area contributed by atoms with Crippen LogP contribution in [0.4, 0.5) is 4.79 Å². The number of likely N-dealkylation sites (tertiary alicyclic amines) is 1. The van der Waals surface area contributed by atoms with Gasteiger partial charge in [0.25, 0.3) is 5.91 Å². The summed E-state index contributed by atoms with van der Waals surface area (Å²) in [5, 5.41) is 6.30. The first-order valence-corrected chi connectivity index (χ1v) is 9.85. The number of amides is 5. The lowest BCUT2D eigenvalue weighted by Gasteiger charge is -2.31. The highest BCUT2D eigenvalue weighted by Gasteiger charge is 2.52. The molecule has 2 aliphatic heterocycles. The maximum Gasteiger partial charge on any atom is 0.344 e. The SMILES string of the molecule is CNC(=O)C1CCN(CCC(=O)NN2C(=O)NC3(CCCCC3)C2=O)CC1. The average molecular weight is 379 g/mol. The van der Waals surface area contributed by atoms with Crippen LogP contribution >= 0.6 is 0 Å². The Hall–Kier alpha value is -2.16. The fraction of sp³-hybridized carbons (Fsp3) is 0.778. The molecule has 1 spiro atoms. The molecule has 9 heteroatoms. The summed E-state index contributed by atoms with van der Waals surface area (Å²) in [6, 6.07) is -0.540. The van der Waals surface area contributed by atoms with E-state index in [1.165, 1.54) is 0 Å². The van der Waals surface area contributed by atoms with Crippen molar-refractivity contribution < 1.29 is 19.2 Å². The van der Waals surface area contributed by atoms with Gasteiger partial charge in [-0.1, -0.05) is 19.3 Å². The van der Waals surface area contributed by atoms with Crippen molar-refractivity contribution >= 4 is 23.8 Å². The van der Waals surface area contributed by atoms with Gasteiger partial charge < -0.3 is 15.5 Å². The zero-order valence-electron chi connectivity index (χ0n) is 15.9. The second-order valence-electron chi connectivity index (χ2n) is 7.73. The Labute approximate surface area is 159 Å². The van der Waals surface area contributed by atoms with Gasteiger partial charge in [-0.2, -0.15) is 5.01 Å². The molecule has 3 rings (SSSR count). The van der Waals surface area contributed by atoms with E-state index < -0.39 is 11.6 Å². The van der Waals surface area contributed by atoms with E-state index in [1.54, 1.807) is 7.05 Å². The minimum absolute atomic E-state index is 0.0395. The third kappa shape index (κ3) is 4.23. The Morgan fingerprint density at radius 2 is 1.81 bits per heavy atom. The Morgan fingerprint density at radius 3 is 2.44 bits per heavy atom. The van der Waals surface area contributed by atoms with Crippen molar-refractivity contribution in [3.63, 3.8) is 0 Å². The van der Waals surface area contributed by atoms with Gasteiger partial charge in [0.2, 0.25) is 11.8 Å². The van der Waals surface area contributed by atoms with Crippen molar-refractivity contribution in [3.8, 4) is 0 Å². The van der Waals surface area contributed by atoms with Crippen LogP contribution in [0.2, 0.25) is 0 Å². The zero-order chi connectivity index (χ0) is 19.4. The Kier molecular flexibility index (Phi) is 5.98. The molecule has 27 heavy (non-hydrogen) atoms. The third-order valence-electron chi connectivity index (χ3n) is 5.97. The van der Waals surface area contributed by atoms with Crippen LogP contribution in [0.25, 0.3) is 0 Å². The quantitative estimate of drug-likeness (QED) is 0.588. The first-order chi connectivity index (χ1) is 12.9. The van der Waals surface area contributed by atoms with Crippen LogP contribution in [0.3, 0.4) is 0 Å². The average Bonchev–Trinajstić information content (AvgIpc) is 2.90. The molecular formula is C18H29N5O4. The highest BCUT2D eigenvalue weighted by Crippen LogP contribution is 2.33. The maximum atomic E-state index is 12.6. The van der Waals surface area contributed by atoms with Crippen molar-refractivity contribution in [1.82, 2.24) is 26.0 Å². The predicted molar refractivity (Wildman–Crippen MR) is 97.2 cm³/mol. The standard InChI is InChI=1S/C18H29N5O4/c1-19-15(25)13-5-10-22(11-6-13)12-7-14(24)21-23-16(26)18(20-17(23)27)8-3-2-4-9-18/h13H,2-12H2,1H3,(H,19,25)(H,20,27)(H,21,24). The zero-order valence-corrected chi connectivity index (χ0v) is 15.9. The summed E-state index contributed by atoms with van der Waals surface area (Å²) in [6.45, 7) is 2.07. The summed E-state index contributed by atoms with van der Waals surface area (Å²) in [4.78, 5) is 50.8. The summed E-state index contributed by atoms with van der Waals surface area (Å²) in [5.41, 5.74) is 1.64. The molecule has 9 nitrogen and oxygen atoms in total. The van der Waals surface area contributed by atoms with Crippen molar-refractivity contribution in [2.45, 2.75) is 56.9 Å². The molecule has 150 valence electrons. The highest BCUT2D eigenvalue weighted by atomic mass is 16.2. The fourth-order valence-corrected chi connectivity index (χ4v) is 4.28. The molecule has 0 radical (unpaired) electrons. The van der Waals surface area contributed by atoms with Crippen LogP contribution in [-0.4, -0.2) is 65.9 Å². The second kappa shape index (κ2) is 8.24. The molecule has 0 bridgehead atoms. The minimum atomic E-state index is -0.829. The molecule has 5 amide bonds. The van der Waals surface area contributed by atoms with Crippen LogP contribution in [-0.2, 0) is 14.4 Å². The van der Waals surface area contributed by atoms with E-state index in [9.17, 15) is 19.2 Å². The summed E-state index contributed by atoms with van der Waals surface area (Å²) < 4.78 is 0. The second-order valence-corrected chi connectivity index (χ2v) is 7.73. The molecular weight excluding hydrogens is 350 g/mol. The van der Waals surface area contributed by atoms with Crippen molar-refractivity contribution in [3.05, 3.63) is 0 Å². The van der Waals surface area contributed by atoms with Gasteiger partial charge in [-0.05, 0) is 38.8 Å². The van der Waals surface area contributed by atoms with Crippen LogP contribution in [0.15, 0.2) is 0 Å². The smallest absolute Gasteiger partial charge is 0.344 e. The van der Waals surface area contributed by atoms with Crippen molar-refractivity contribution in [1.29, 1.82) is 0 Å². The number of hydrogen-bond donors (Lipinski definition) is 3. The van der Waals surface area contributed by atoms with Crippen molar-refractivity contribution in [2.75, 3.05) is 26.7 Å². The summed E-state index contributed by atoms with van der Waals surface area (Å²) >= 11 is 0. The monoisotopic (exact) mass is 379 g/mol. The molecule has 3 aliphatic rings. The molecule has 1 aliphatic carbocycles. The lowest BCUT2D eigenvalue weighted by molar-refractivity contribution is -0.140. The summed E-state index contributed by atoms with van der Waals surface area (Å²) in [5.74, 6) is -0.577. The van der Waals surface area contributed by atoms with Crippen LogP contribution in [0, 0.1) is 5.92 Å². The molecule has 0 aromatic heterocycles. The molecule has 0 aromatic carbocycles. The lowest BCUT2D eigenvalue weighted by Crippen LogP contribution is -2.51. The number of carbonyl (C=O) groups is 4. The van der Waals surface area contributed by atoms with E-state index in [2.05, 4.69) is 21.0 Å². The van der Waals surface area contributed by atoms with E-state index in [1.807, 2.05) is 0 Å². The number of imide groups is 1.